The maximum atomic E-state index is 12.0. The smallest absolute Gasteiger partial charge is 0.381 e. The van der Waals surface area contributed by atoms with E-state index in [-0.39, 0.29) is 17.3 Å². The van der Waals surface area contributed by atoms with Gasteiger partial charge in [-0.05, 0) is 29.0 Å². The zero-order valence-corrected chi connectivity index (χ0v) is 13.0. The number of aliphatic hydroxyl groups is 1. The molecule has 0 aliphatic carbocycles. The fourth-order valence-corrected chi connectivity index (χ4v) is 2.72. The Morgan fingerprint density at radius 1 is 1.39 bits per heavy atom. The van der Waals surface area contributed by atoms with Crippen LogP contribution in [-0.4, -0.2) is 40.7 Å². The summed E-state index contributed by atoms with van der Waals surface area (Å²) in [5, 5.41) is 20.3. The van der Waals surface area contributed by atoms with Crippen LogP contribution in [0.5, 0.6) is 0 Å². The summed E-state index contributed by atoms with van der Waals surface area (Å²) in [6, 6.07) is 6.10. The molecule has 1 unspecified atom stereocenters. The fourth-order valence-electron chi connectivity index (χ4n) is 1.78. The predicted octanol–water partition coefficient (Wildman–Crippen LogP) is 0.866. The van der Waals surface area contributed by atoms with Crippen LogP contribution in [0.1, 0.15) is 5.56 Å². The monoisotopic (exact) mass is 341 g/mol. The zero-order chi connectivity index (χ0) is 17.0. The SMILES string of the molecule is Cc1ccc(S(=O)(=O)OCC(O)Cn2cnc([N+](=O)[O-])c2)cc1. The van der Waals surface area contributed by atoms with Crippen LogP contribution in [0.4, 0.5) is 5.82 Å². The Labute approximate surface area is 132 Å². The second-order valence-corrected chi connectivity index (χ2v) is 6.51. The highest BCUT2D eigenvalue weighted by Gasteiger charge is 2.18. The van der Waals surface area contributed by atoms with Gasteiger partial charge >= 0.3 is 5.82 Å². The fraction of sp³-hybridized carbons (Fsp3) is 0.308. The number of hydrogen-bond acceptors (Lipinski definition) is 7. The molecule has 0 bridgehead atoms. The van der Waals surface area contributed by atoms with E-state index in [2.05, 4.69) is 4.98 Å². The van der Waals surface area contributed by atoms with Crippen molar-refractivity contribution in [1.29, 1.82) is 0 Å². The third-order valence-corrected chi connectivity index (χ3v) is 4.25. The highest BCUT2D eigenvalue weighted by atomic mass is 32.2. The third-order valence-electron chi connectivity index (χ3n) is 2.95. The van der Waals surface area contributed by atoms with E-state index >= 15 is 0 Å². The van der Waals surface area contributed by atoms with Gasteiger partial charge in [-0.1, -0.05) is 17.7 Å². The van der Waals surface area contributed by atoms with Gasteiger partial charge in [0, 0.05) is 0 Å². The summed E-state index contributed by atoms with van der Waals surface area (Å²) in [7, 11) is -3.97. The molecule has 124 valence electrons. The lowest BCUT2D eigenvalue weighted by Crippen LogP contribution is -2.23. The Kier molecular flexibility index (Phi) is 5.08. The number of aryl methyl sites for hydroxylation is 1. The molecule has 9 nitrogen and oxygen atoms in total. The van der Waals surface area contributed by atoms with Crippen molar-refractivity contribution < 1.29 is 22.6 Å². The Morgan fingerprint density at radius 3 is 2.61 bits per heavy atom. The zero-order valence-electron chi connectivity index (χ0n) is 12.2. The molecule has 10 heteroatoms. The van der Waals surface area contributed by atoms with Gasteiger partial charge in [-0.2, -0.15) is 8.42 Å². The van der Waals surface area contributed by atoms with E-state index in [0.717, 1.165) is 11.8 Å². The van der Waals surface area contributed by atoms with Crippen LogP contribution in [0, 0.1) is 17.0 Å². The Hall–Kier alpha value is -2.30. The lowest BCUT2D eigenvalue weighted by Gasteiger charge is -2.11. The lowest BCUT2D eigenvalue weighted by molar-refractivity contribution is -0.389. The van der Waals surface area contributed by atoms with E-state index in [1.54, 1.807) is 12.1 Å². The largest absolute Gasteiger partial charge is 0.389 e. The van der Waals surface area contributed by atoms with Gasteiger partial charge in [0.1, 0.15) is 6.20 Å². The van der Waals surface area contributed by atoms with E-state index in [9.17, 15) is 23.6 Å². The molecule has 0 saturated heterocycles. The maximum absolute atomic E-state index is 12.0. The number of aromatic nitrogens is 2. The van der Waals surface area contributed by atoms with E-state index in [1.807, 2.05) is 6.92 Å². The molecule has 23 heavy (non-hydrogen) atoms. The summed E-state index contributed by atoms with van der Waals surface area (Å²) >= 11 is 0. The van der Waals surface area contributed by atoms with Crippen LogP contribution in [0.25, 0.3) is 0 Å². The van der Waals surface area contributed by atoms with Crippen LogP contribution >= 0.6 is 0 Å². The molecule has 1 N–H and O–H groups in total. The molecule has 1 heterocycles. The molecule has 1 aromatic heterocycles. The Morgan fingerprint density at radius 2 is 2.04 bits per heavy atom. The minimum atomic E-state index is -3.97. The third kappa shape index (κ3) is 4.58. The molecule has 1 aromatic carbocycles. The number of aliphatic hydroxyl groups excluding tert-OH is 1. The van der Waals surface area contributed by atoms with Crippen LogP contribution in [0.3, 0.4) is 0 Å². The molecule has 0 saturated carbocycles. The van der Waals surface area contributed by atoms with Crippen molar-refractivity contribution >= 4 is 15.9 Å². The van der Waals surface area contributed by atoms with Crippen molar-refractivity contribution in [1.82, 2.24) is 9.55 Å². The van der Waals surface area contributed by atoms with Gasteiger partial charge in [0.2, 0.25) is 6.33 Å². The number of imidazole rings is 1. The quantitative estimate of drug-likeness (QED) is 0.450. The highest BCUT2D eigenvalue weighted by Crippen LogP contribution is 2.14. The Balaban J connectivity index is 1.93. The predicted molar refractivity (Wildman–Crippen MR) is 79.2 cm³/mol. The number of benzene rings is 1. The van der Waals surface area contributed by atoms with Crippen molar-refractivity contribution in [3.63, 3.8) is 0 Å². The van der Waals surface area contributed by atoms with Gasteiger partial charge in [-0.25, -0.2) is 0 Å². The van der Waals surface area contributed by atoms with E-state index in [0.29, 0.717) is 0 Å². The summed E-state index contributed by atoms with van der Waals surface area (Å²) in [5.41, 5.74) is 0.908. The topological polar surface area (TPSA) is 125 Å². The molecule has 0 amide bonds. The average molecular weight is 341 g/mol. The van der Waals surface area contributed by atoms with Crippen molar-refractivity contribution in [3.05, 3.63) is 52.5 Å². The van der Waals surface area contributed by atoms with Gasteiger partial charge in [-0.15, -0.1) is 0 Å². The first kappa shape index (κ1) is 17.1. The summed E-state index contributed by atoms with van der Waals surface area (Å²) in [6.07, 6.45) is 1.15. The van der Waals surface area contributed by atoms with Crippen LogP contribution < -0.4 is 0 Å². The molecule has 0 radical (unpaired) electrons. The summed E-state index contributed by atoms with van der Waals surface area (Å²) in [6.45, 7) is 1.28. The molecule has 0 fully saturated rings. The number of rotatable bonds is 7. The van der Waals surface area contributed by atoms with Gasteiger partial charge in [0.05, 0.1) is 24.2 Å². The summed E-state index contributed by atoms with van der Waals surface area (Å²) in [5.74, 6) is -0.356. The normalized spacial score (nSPS) is 13.0. The lowest BCUT2D eigenvalue weighted by atomic mass is 10.2. The second kappa shape index (κ2) is 6.86. The maximum Gasteiger partial charge on any atom is 0.381 e. The van der Waals surface area contributed by atoms with Gasteiger partial charge < -0.3 is 19.8 Å². The standard InChI is InChI=1S/C13H15N3O6S/c1-10-2-4-12(5-3-10)23(20,21)22-8-11(17)6-15-7-13(14-9-15)16(18)19/h2-5,7,9,11,17H,6,8H2,1H3. The summed E-state index contributed by atoms with van der Waals surface area (Å²) in [4.78, 5) is 13.4. The Bertz CT molecular complexity index is 784. The van der Waals surface area contributed by atoms with Gasteiger partial charge in [-0.3, -0.25) is 4.18 Å². The van der Waals surface area contributed by atoms with E-state index in [4.69, 9.17) is 4.18 Å². The number of nitro groups is 1. The van der Waals surface area contributed by atoms with E-state index in [1.165, 1.54) is 23.0 Å². The van der Waals surface area contributed by atoms with Crippen LogP contribution in [0.2, 0.25) is 0 Å². The molecular formula is C13H15N3O6S. The van der Waals surface area contributed by atoms with Crippen LogP contribution in [-0.2, 0) is 20.8 Å². The van der Waals surface area contributed by atoms with Crippen molar-refractivity contribution in [3.8, 4) is 0 Å². The molecular weight excluding hydrogens is 326 g/mol. The van der Waals surface area contributed by atoms with Gasteiger partial charge in [0.25, 0.3) is 10.1 Å². The minimum Gasteiger partial charge on any atom is -0.389 e. The molecule has 1 atom stereocenters. The molecule has 2 rings (SSSR count). The molecule has 2 aromatic rings. The molecule has 0 aliphatic heterocycles. The van der Waals surface area contributed by atoms with E-state index < -0.39 is 27.8 Å². The molecule has 0 spiro atoms. The summed E-state index contributed by atoms with van der Waals surface area (Å²) < 4.78 is 30.0. The van der Waals surface area contributed by atoms with Crippen molar-refractivity contribution in [2.24, 2.45) is 0 Å². The first-order valence-electron chi connectivity index (χ1n) is 6.58. The average Bonchev–Trinajstić information content (AvgIpc) is 2.94. The van der Waals surface area contributed by atoms with Crippen molar-refractivity contribution in [2.45, 2.75) is 24.5 Å². The number of hydrogen-bond donors (Lipinski definition) is 1. The van der Waals surface area contributed by atoms with Crippen LogP contribution in [0.15, 0.2) is 41.7 Å². The number of nitrogens with zero attached hydrogens (tertiary/aromatic N) is 3. The highest BCUT2D eigenvalue weighted by molar-refractivity contribution is 7.86. The minimum absolute atomic E-state index is 0.00595. The van der Waals surface area contributed by atoms with Gasteiger partial charge in [0.15, 0.2) is 0 Å². The first-order valence-corrected chi connectivity index (χ1v) is 7.99. The molecule has 0 aliphatic rings. The van der Waals surface area contributed by atoms with Crippen molar-refractivity contribution in [2.75, 3.05) is 6.61 Å². The first-order chi connectivity index (χ1) is 10.8. The second-order valence-electron chi connectivity index (χ2n) is 4.89.